The van der Waals surface area contributed by atoms with Crippen LogP contribution < -0.4 is 14.5 Å². The van der Waals surface area contributed by atoms with Gasteiger partial charge in [-0.25, -0.2) is 0 Å². The van der Waals surface area contributed by atoms with Crippen LogP contribution >= 0.6 is 0 Å². The average molecular weight is 396 g/mol. The summed E-state index contributed by atoms with van der Waals surface area (Å²) in [6.07, 6.45) is -0.815. The van der Waals surface area contributed by atoms with Crippen molar-refractivity contribution in [1.82, 2.24) is 0 Å². The van der Waals surface area contributed by atoms with E-state index >= 15 is 0 Å². The highest BCUT2D eigenvalue weighted by Crippen LogP contribution is 2.30. The van der Waals surface area contributed by atoms with E-state index in [0.29, 0.717) is 18.0 Å². The number of hydrogen-bond acceptors (Lipinski definition) is 5. The highest BCUT2D eigenvalue weighted by atomic mass is 16.5. The second-order valence-electron chi connectivity index (χ2n) is 6.60. The number of carbonyl (C=O) groups excluding carboxylic acids is 3. The fourth-order valence-corrected chi connectivity index (χ4v) is 3.20. The van der Waals surface area contributed by atoms with E-state index in [1.807, 2.05) is 37.3 Å². The number of fused-ring (bicyclic) bond motifs is 1. The Balaban J connectivity index is 1.68. The van der Waals surface area contributed by atoms with Gasteiger partial charge >= 0.3 is 5.97 Å². The Labute approximate surface area is 169 Å². The van der Waals surface area contributed by atoms with Crippen LogP contribution in [-0.4, -0.2) is 43.6 Å². The number of rotatable bonds is 6. The van der Waals surface area contributed by atoms with Crippen molar-refractivity contribution in [2.75, 3.05) is 29.5 Å². The number of ether oxygens (including phenoxy) is 2. The second kappa shape index (κ2) is 9.23. The van der Waals surface area contributed by atoms with Gasteiger partial charge in [0.1, 0.15) is 12.3 Å². The summed E-state index contributed by atoms with van der Waals surface area (Å²) in [4.78, 5) is 40.6. The van der Waals surface area contributed by atoms with Gasteiger partial charge < -0.3 is 14.4 Å². The van der Waals surface area contributed by atoms with Gasteiger partial charge in [-0.2, -0.15) is 0 Å². The van der Waals surface area contributed by atoms with Crippen molar-refractivity contribution < 1.29 is 23.9 Å². The van der Waals surface area contributed by atoms with Crippen LogP contribution in [0.5, 0.6) is 5.75 Å². The van der Waals surface area contributed by atoms with E-state index in [1.165, 1.54) is 11.8 Å². The number of amides is 2. The van der Waals surface area contributed by atoms with Crippen molar-refractivity contribution >= 4 is 29.2 Å². The zero-order valence-electron chi connectivity index (χ0n) is 16.5. The predicted octanol–water partition coefficient (Wildman–Crippen LogP) is 2.79. The number of hydrogen-bond donors (Lipinski definition) is 0. The lowest BCUT2D eigenvalue weighted by atomic mass is 10.2. The molecule has 29 heavy (non-hydrogen) atoms. The molecule has 152 valence electrons. The summed E-state index contributed by atoms with van der Waals surface area (Å²) >= 11 is 0. The standard InChI is InChI=1S/C22H24N2O5/c1-3-23(17-9-5-4-6-10-17)22(27)16(2)29-21(26)15-24-18-11-7-8-12-19(18)28-14-13-20(24)25/h4-12,16H,3,13-15H2,1-2H3/t16-/m1/s1. The van der Waals surface area contributed by atoms with Crippen LogP contribution in [0.4, 0.5) is 11.4 Å². The van der Waals surface area contributed by atoms with Gasteiger partial charge in [0.2, 0.25) is 5.91 Å². The third-order valence-electron chi connectivity index (χ3n) is 4.62. The molecule has 0 bridgehead atoms. The summed E-state index contributed by atoms with van der Waals surface area (Å²) in [6.45, 7) is 3.80. The van der Waals surface area contributed by atoms with Crippen LogP contribution in [0.25, 0.3) is 0 Å². The predicted molar refractivity (Wildman–Crippen MR) is 109 cm³/mol. The van der Waals surface area contributed by atoms with Crippen molar-refractivity contribution in [3.63, 3.8) is 0 Å². The van der Waals surface area contributed by atoms with Gasteiger partial charge in [0.05, 0.1) is 18.7 Å². The van der Waals surface area contributed by atoms with Crippen LogP contribution in [0.15, 0.2) is 54.6 Å². The number of carbonyl (C=O) groups is 3. The maximum Gasteiger partial charge on any atom is 0.326 e. The quantitative estimate of drug-likeness (QED) is 0.702. The lowest BCUT2D eigenvalue weighted by Crippen LogP contribution is -2.42. The molecule has 1 atom stereocenters. The van der Waals surface area contributed by atoms with E-state index in [1.54, 1.807) is 29.2 Å². The Morgan fingerprint density at radius 2 is 1.83 bits per heavy atom. The van der Waals surface area contributed by atoms with Crippen molar-refractivity contribution in [3.05, 3.63) is 54.6 Å². The minimum Gasteiger partial charge on any atom is -0.491 e. The molecule has 1 aliphatic heterocycles. The van der Waals surface area contributed by atoms with Gasteiger partial charge in [-0.05, 0) is 38.1 Å². The van der Waals surface area contributed by atoms with Crippen molar-refractivity contribution in [2.45, 2.75) is 26.4 Å². The Bertz CT molecular complexity index is 884. The van der Waals surface area contributed by atoms with E-state index < -0.39 is 12.1 Å². The SMILES string of the molecule is CCN(C(=O)[C@@H](C)OC(=O)CN1C(=O)CCOc2ccccc21)c1ccccc1. The number of nitrogens with zero attached hydrogens (tertiary/aromatic N) is 2. The van der Waals surface area contributed by atoms with Crippen LogP contribution in [0, 0.1) is 0 Å². The highest BCUT2D eigenvalue weighted by molar-refractivity contribution is 6.01. The van der Waals surface area contributed by atoms with E-state index in [0.717, 1.165) is 5.69 Å². The van der Waals surface area contributed by atoms with Gasteiger partial charge in [-0.3, -0.25) is 19.3 Å². The minimum absolute atomic E-state index is 0.161. The summed E-state index contributed by atoms with van der Waals surface area (Å²) in [6, 6.07) is 16.2. The third-order valence-corrected chi connectivity index (χ3v) is 4.62. The lowest BCUT2D eigenvalue weighted by Gasteiger charge is -2.25. The van der Waals surface area contributed by atoms with Gasteiger partial charge in [0, 0.05) is 12.2 Å². The van der Waals surface area contributed by atoms with E-state index in [4.69, 9.17) is 9.47 Å². The van der Waals surface area contributed by atoms with Gasteiger partial charge in [0.15, 0.2) is 6.10 Å². The molecule has 0 radical (unpaired) electrons. The molecule has 0 N–H and O–H groups in total. The van der Waals surface area contributed by atoms with E-state index in [2.05, 4.69) is 0 Å². The van der Waals surface area contributed by atoms with E-state index in [9.17, 15) is 14.4 Å². The third kappa shape index (κ3) is 4.74. The summed E-state index contributed by atoms with van der Waals surface area (Å²) < 4.78 is 10.9. The summed E-state index contributed by atoms with van der Waals surface area (Å²) in [7, 11) is 0. The first-order valence-corrected chi connectivity index (χ1v) is 9.59. The Morgan fingerprint density at radius 3 is 2.55 bits per heavy atom. The molecule has 3 rings (SSSR count). The second-order valence-corrected chi connectivity index (χ2v) is 6.60. The average Bonchev–Trinajstić information content (AvgIpc) is 2.88. The minimum atomic E-state index is -0.976. The maximum absolute atomic E-state index is 12.8. The molecule has 0 spiro atoms. The van der Waals surface area contributed by atoms with Crippen LogP contribution in [-0.2, 0) is 19.1 Å². The Hall–Kier alpha value is -3.35. The van der Waals surface area contributed by atoms with Crippen molar-refractivity contribution in [3.8, 4) is 5.75 Å². The van der Waals surface area contributed by atoms with Crippen LogP contribution in [0.1, 0.15) is 20.3 Å². The fourth-order valence-electron chi connectivity index (χ4n) is 3.20. The topological polar surface area (TPSA) is 76.2 Å². The molecular weight excluding hydrogens is 372 g/mol. The highest BCUT2D eigenvalue weighted by Gasteiger charge is 2.28. The largest absolute Gasteiger partial charge is 0.491 e. The van der Waals surface area contributed by atoms with Crippen molar-refractivity contribution in [2.24, 2.45) is 0 Å². The number of likely N-dealkylation sites (N-methyl/N-ethyl adjacent to an activating group) is 1. The summed E-state index contributed by atoms with van der Waals surface area (Å²) in [5.41, 5.74) is 1.25. The lowest BCUT2D eigenvalue weighted by molar-refractivity contribution is -0.152. The van der Waals surface area contributed by atoms with Crippen molar-refractivity contribution in [1.29, 1.82) is 0 Å². The zero-order chi connectivity index (χ0) is 20.8. The van der Waals surface area contributed by atoms with Gasteiger partial charge in [-0.1, -0.05) is 30.3 Å². The molecule has 2 amide bonds. The molecule has 0 unspecified atom stereocenters. The van der Waals surface area contributed by atoms with Crippen LogP contribution in [0.2, 0.25) is 0 Å². The van der Waals surface area contributed by atoms with Gasteiger partial charge in [0.25, 0.3) is 5.91 Å². The summed E-state index contributed by atoms with van der Waals surface area (Å²) in [5.74, 6) is -0.667. The molecule has 7 nitrogen and oxygen atoms in total. The molecule has 0 aromatic heterocycles. The molecule has 2 aromatic carbocycles. The first-order valence-electron chi connectivity index (χ1n) is 9.59. The first kappa shape index (κ1) is 20.4. The molecule has 0 saturated heterocycles. The first-order chi connectivity index (χ1) is 14.0. The molecule has 1 aliphatic rings. The molecule has 1 heterocycles. The number of para-hydroxylation sites is 3. The monoisotopic (exact) mass is 396 g/mol. The van der Waals surface area contributed by atoms with E-state index in [-0.39, 0.29) is 31.4 Å². The number of benzene rings is 2. The Kier molecular flexibility index (Phi) is 6.49. The van der Waals surface area contributed by atoms with Gasteiger partial charge in [-0.15, -0.1) is 0 Å². The number of esters is 1. The molecule has 0 aliphatic carbocycles. The number of anilines is 2. The maximum atomic E-state index is 12.8. The molecule has 0 saturated carbocycles. The molecule has 7 heteroatoms. The molecular formula is C22H24N2O5. The zero-order valence-corrected chi connectivity index (χ0v) is 16.5. The fraction of sp³-hybridized carbons (Fsp3) is 0.318. The smallest absolute Gasteiger partial charge is 0.326 e. The normalized spacial score (nSPS) is 14.3. The van der Waals surface area contributed by atoms with Crippen LogP contribution in [0.3, 0.4) is 0 Å². The molecule has 0 fully saturated rings. The summed E-state index contributed by atoms with van der Waals surface area (Å²) in [5, 5.41) is 0. The Morgan fingerprint density at radius 1 is 1.14 bits per heavy atom. The molecule has 2 aromatic rings.